The van der Waals surface area contributed by atoms with Crippen LogP contribution < -0.4 is 4.74 Å². The molecule has 2 aromatic rings. The van der Waals surface area contributed by atoms with Gasteiger partial charge in [0.25, 0.3) is 0 Å². The van der Waals surface area contributed by atoms with Crippen molar-refractivity contribution >= 4 is 17.2 Å². The highest BCUT2D eigenvalue weighted by Crippen LogP contribution is 2.35. The first-order chi connectivity index (χ1) is 15.8. The Labute approximate surface area is 201 Å². The molecule has 33 heavy (non-hydrogen) atoms. The second kappa shape index (κ2) is 10.00. The molecule has 1 aliphatic heterocycles. The summed E-state index contributed by atoms with van der Waals surface area (Å²) in [5, 5.41) is 12.7. The topological polar surface area (TPSA) is 53.0 Å². The molecule has 1 N–H and O–H groups in total. The molecular formula is C27H36N2O3S. The minimum atomic E-state index is -1.01. The van der Waals surface area contributed by atoms with E-state index < -0.39 is 5.60 Å². The second-order valence-corrected chi connectivity index (χ2v) is 10.9. The van der Waals surface area contributed by atoms with Crippen LogP contribution in [0, 0.1) is 19.8 Å². The van der Waals surface area contributed by atoms with E-state index in [9.17, 15) is 9.90 Å². The van der Waals surface area contributed by atoms with E-state index >= 15 is 0 Å². The van der Waals surface area contributed by atoms with Gasteiger partial charge in [-0.15, -0.1) is 17.9 Å². The highest BCUT2D eigenvalue weighted by atomic mass is 32.1. The fourth-order valence-electron chi connectivity index (χ4n) is 4.65. The van der Waals surface area contributed by atoms with Crippen LogP contribution in [0.1, 0.15) is 47.4 Å². The maximum atomic E-state index is 13.6. The predicted octanol–water partition coefficient (Wildman–Crippen LogP) is 4.52. The summed E-state index contributed by atoms with van der Waals surface area (Å²) in [4.78, 5) is 19.0. The summed E-state index contributed by atoms with van der Waals surface area (Å²) in [6, 6.07) is 8.23. The summed E-state index contributed by atoms with van der Waals surface area (Å²) in [7, 11) is 0. The van der Waals surface area contributed by atoms with E-state index in [1.54, 1.807) is 24.3 Å². The average molecular weight is 469 g/mol. The van der Waals surface area contributed by atoms with Gasteiger partial charge in [0.05, 0.1) is 18.2 Å². The zero-order valence-electron chi connectivity index (χ0n) is 20.0. The van der Waals surface area contributed by atoms with Crippen molar-refractivity contribution in [3.63, 3.8) is 0 Å². The zero-order chi connectivity index (χ0) is 23.6. The third kappa shape index (κ3) is 6.05. The van der Waals surface area contributed by atoms with Gasteiger partial charge in [-0.05, 0) is 74.6 Å². The molecule has 0 saturated heterocycles. The van der Waals surface area contributed by atoms with Crippen LogP contribution in [0.4, 0.5) is 0 Å². The molecule has 2 heterocycles. The molecule has 0 bridgehead atoms. The van der Waals surface area contributed by atoms with Gasteiger partial charge in [0.2, 0.25) is 5.91 Å². The molecule has 1 aromatic carbocycles. The number of rotatable bonds is 10. The van der Waals surface area contributed by atoms with Crippen molar-refractivity contribution in [2.75, 3.05) is 32.8 Å². The number of aryl methyl sites for hydroxylation is 2. The fourth-order valence-corrected chi connectivity index (χ4v) is 5.58. The van der Waals surface area contributed by atoms with Crippen LogP contribution in [0.15, 0.2) is 42.3 Å². The third-order valence-corrected chi connectivity index (χ3v) is 7.69. The molecule has 1 amide bonds. The number of amides is 1. The van der Waals surface area contributed by atoms with Crippen LogP contribution in [0.3, 0.4) is 0 Å². The summed E-state index contributed by atoms with van der Waals surface area (Å²) in [5.74, 6) is 1.60. The van der Waals surface area contributed by atoms with Gasteiger partial charge in [0.1, 0.15) is 12.4 Å². The summed E-state index contributed by atoms with van der Waals surface area (Å²) >= 11 is 1.76. The van der Waals surface area contributed by atoms with Crippen LogP contribution in [0.25, 0.3) is 0 Å². The molecule has 1 aromatic heterocycles. The summed E-state index contributed by atoms with van der Waals surface area (Å²) < 4.78 is 6.26. The van der Waals surface area contributed by atoms with E-state index in [4.69, 9.17) is 4.74 Å². The van der Waals surface area contributed by atoms with Crippen molar-refractivity contribution in [1.29, 1.82) is 0 Å². The lowest BCUT2D eigenvalue weighted by Crippen LogP contribution is -2.49. The number of benzene rings is 1. The van der Waals surface area contributed by atoms with Crippen LogP contribution >= 0.6 is 11.3 Å². The largest absolute Gasteiger partial charge is 0.491 e. The standard InChI is InChI=1S/C27H36N2O3S/c1-5-27(4,31)18-28(15-21-7-8-21)16-26(30)29-12-10-25-22(11-13-33-25)23(29)17-32-24-9-6-19(2)14-20(24)3/h5-6,9,11,13-14,21,23,31H,1,7-8,10,12,15-18H2,2-4H3. The lowest BCUT2D eigenvalue weighted by molar-refractivity contribution is -0.136. The average Bonchev–Trinajstić information content (AvgIpc) is 3.44. The molecule has 178 valence electrons. The van der Waals surface area contributed by atoms with Crippen molar-refractivity contribution in [3.05, 3.63) is 63.9 Å². The second-order valence-electron chi connectivity index (χ2n) is 9.91. The molecule has 1 saturated carbocycles. The van der Waals surface area contributed by atoms with Gasteiger partial charge < -0.3 is 14.7 Å². The Morgan fingerprint density at radius 2 is 2.15 bits per heavy atom. The number of hydrogen-bond acceptors (Lipinski definition) is 5. The number of carbonyl (C=O) groups is 1. The van der Waals surface area contributed by atoms with Crippen molar-refractivity contribution in [1.82, 2.24) is 9.80 Å². The Kier molecular flexibility index (Phi) is 7.27. The molecular weight excluding hydrogens is 432 g/mol. The number of thiophene rings is 1. The minimum absolute atomic E-state index is 0.0987. The van der Waals surface area contributed by atoms with Crippen molar-refractivity contribution in [2.24, 2.45) is 5.92 Å². The lowest BCUT2D eigenvalue weighted by Gasteiger charge is -2.38. The number of nitrogens with zero attached hydrogens (tertiary/aromatic N) is 2. The molecule has 6 heteroatoms. The smallest absolute Gasteiger partial charge is 0.237 e. The van der Waals surface area contributed by atoms with Gasteiger partial charge >= 0.3 is 0 Å². The van der Waals surface area contributed by atoms with Gasteiger partial charge in [-0.2, -0.15) is 0 Å². The summed E-state index contributed by atoms with van der Waals surface area (Å²) in [5.41, 5.74) is 2.51. The number of aliphatic hydroxyl groups is 1. The number of ether oxygens (including phenoxy) is 1. The van der Waals surface area contributed by atoms with E-state index in [0.717, 1.165) is 24.3 Å². The Balaban J connectivity index is 1.49. The maximum Gasteiger partial charge on any atom is 0.237 e. The lowest BCUT2D eigenvalue weighted by atomic mass is 10.00. The summed E-state index contributed by atoms with van der Waals surface area (Å²) in [6.07, 6.45) is 4.85. The Morgan fingerprint density at radius 1 is 1.36 bits per heavy atom. The Morgan fingerprint density at radius 3 is 2.85 bits per heavy atom. The quantitative estimate of drug-likeness (QED) is 0.521. The van der Waals surface area contributed by atoms with Crippen LogP contribution in [0.5, 0.6) is 5.75 Å². The van der Waals surface area contributed by atoms with Crippen molar-refractivity contribution < 1.29 is 14.6 Å². The minimum Gasteiger partial charge on any atom is -0.491 e. The number of fused-ring (bicyclic) bond motifs is 1. The SMILES string of the molecule is C=CC(C)(O)CN(CC(=O)N1CCc2sccc2C1COc1ccc(C)cc1C)CC1CC1. The molecule has 4 rings (SSSR count). The molecule has 0 radical (unpaired) electrons. The maximum absolute atomic E-state index is 13.6. The van der Waals surface area contributed by atoms with E-state index in [0.29, 0.717) is 32.2 Å². The first-order valence-corrected chi connectivity index (χ1v) is 12.8. The van der Waals surface area contributed by atoms with Crippen LogP contribution in [0.2, 0.25) is 0 Å². The number of carbonyl (C=O) groups excluding carboxylic acids is 1. The van der Waals surface area contributed by atoms with E-state index in [-0.39, 0.29) is 11.9 Å². The van der Waals surface area contributed by atoms with Gasteiger partial charge in [0, 0.05) is 24.5 Å². The molecule has 1 aliphatic carbocycles. The first-order valence-electron chi connectivity index (χ1n) is 11.9. The third-order valence-electron chi connectivity index (χ3n) is 6.70. The number of hydrogen-bond donors (Lipinski definition) is 1. The molecule has 5 nitrogen and oxygen atoms in total. The Bertz CT molecular complexity index is 995. The fraction of sp³-hybridized carbons (Fsp3) is 0.519. The van der Waals surface area contributed by atoms with Gasteiger partial charge in [-0.1, -0.05) is 23.8 Å². The summed E-state index contributed by atoms with van der Waals surface area (Å²) in [6.45, 7) is 12.3. The normalized spacial score (nSPS) is 19.8. The van der Waals surface area contributed by atoms with Gasteiger partial charge in [0.15, 0.2) is 0 Å². The molecule has 2 unspecified atom stereocenters. The molecule has 1 fully saturated rings. The van der Waals surface area contributed by atoms with Crippen LogP contribution in [-0.2, 0) is 11.2 Å². The van der Waals surface area contributed by atoms with E-state index in [1.165, 1.54) is 28.8 Å². The molecule has 2 atom stereocenters. The molecule has 2 aliphatic rings. The highest BCUT2D eigenvalue weighted by molar-refractivity contribution is 7.10. The van der Waals surface area contributed by atoms with Crippen LogP contribution in [-0.4, -0.2) is 59.2 Å². The Hall–Kier alpha value is -2.15. The monoisotopic (exact) mass is 468 g/mol. The van der Waals surface area contributed by atoms with Crippen molar-refractivity contribution in [3.8, 4) is 5.75 Å². The highest BCUT2D eigenvalue weighted by Gasteiger charge is 2.35. The van der Waals surface area contributed by atoms with Gasteiger partial charge in [-0.25, -0.2) is 0 Å². The first kappa shape index (κ1) is 24.0. The van der Waals surface area contributed by atoms with E-state index in [2.05, 4.69) is 48.9 Å². The van der Waals surface area contributed by atoms with E-state index in [1.807, 2.05) is 11.0 Å². The predicted molar refractivity (Wildman–Crippen MR) is 134 cm³/mol. The van der Waals surface area contributed by atoms with Crippen molar-refractivity contribution in [2.45, 2.75) is 51.7 Å². The van der Waals surface area contributed by atoms with Gasteiger partial charge in [-0.3, -0.25) is 9.69 Å². The zero-order valence-corrected chi connectivity index (χ0v) is 20.9. The molecule has 0 spiro atoms.